The fourth-order valence-electron chi connectivity index (χ4n) is 2.81. The minimum Gasteiger partial charge on any atom is -0.371 e. The Hall–Kier alpha value is -1.31. The number of hydrogen-bond acceptors (Lipinski definition) is 2. The van der Waals surface area contributed by atoms with Crippen molar-refractivity contribution in [2.45, 2.75) is 59.8 Å². The molecule has 1 rings (SSSR count). The molecule has 1 atom stereocenters. The summed E-state index contributed by atoms with van der Waals surface area (Å²) in [7, 11) is 0. The van der Waals surface area contributed by atoms with Crippen LogP contribution in [0.5, 0.6) is 0 Å². The highest BCUT2D eigenvalue weighted by Crippen LogP contribution is 2.22. The van der Waals surface area contributed by atoms with Crippen molar-refractivity contribution >= 4 is 12.0 Å². The van der Waals surface area contributed by atoms with Crippen LogP contribution in [0.3, 0.4) is 0 Å². The van der Waals surface area contributed by atoms with Gasteiger partial charge in [0.1, 0.15) is 6.29 Å². The third kappa shape index (κ3) is 5.53. The van der Waals surface area contributed by atoms with E-state index in [1.54, 1.807) is 0 Å². The Morgan fingerprint density at radius 1 is 1.19 bits per heavy atom. The second-order valence-corrected chi connectivity index (χ2v) is 6.02. The fourth-order valence-corrected chi connectivity index (χ4v) is 2.81. The van der Waals surface area contributed by atoms with Gasteiger partial charge >= 0.3 is 0 Å². The second kappa shape index (κ2) is 9.59. The lowest BCUT2D eigenvalue weighted by Crippen LogP contribution is -2.30. The zero-order valence-electron chi connectivity index (χ0n) is 14.2. The molecule has 0 N–H and O–H groups in total. The number of nitrogens with zero attached hydrogens (tertiary/aromatic N) is 1. The molecule has 1 aromatic carbocycles. The summed E-state index contributed by atoms with van der Waals surface area (Å²) in [5.41, 5.74) is 3.13. The van der Waals surface area contributed by atoms with E-state index < -0.39 is 0 Å². The zero-order valence-corrected chi connectivity index (χ0v) is 14.2. The maximum atomic E-state index is 11.0. The number of carbonyl (C=O) groups is 1. The average molecular weight is 289 g/mol. The van der Waals surface area contributed by atoms with Gasteiger partial charge in [-0.05, 0) is 49.4 Å². The molecule has 0 heterocycles. The molecule has 1 unspecified atom stereocenters. The first-order chi connectivity index (χ1) is 10.2. The Morgan fingerprint density at radius 2 is 1.95 bits per heavy atom. The Bertz CT molecular complexity index is 428. The second-order valence-electron chi connectivity index (χ2n) is 6.02. The van der Waals surface area contributed by atoms with Gasteiger partial charge in [0.25, 0.3) is 0 Å². The van der Waals surface area contributed by atoms with E-state index >= 15 is 0 Å². The van der Waals surface area contributed by atoms with Crippen LogP contribution in [-0.2, 0) is 0 Å². The number of hydrogen-bond donors (Lipinski definition) is 0. The third-order valence-corrected chi connectivity index (χ3v) is 4.26. The molecule has 0 saturated heterocycles. The topological polar surface area (TPSA) is 20.3 Å². The summed E-state index contributed by atoms with van der Waals surface area (Å²) < 4.78 is 0. The van der Waals surface area contributed by atoms with Gasteiger partial charge in [0.2, 0.25) is 0 Å². The lowest BCUT2D eigenvalue weighted by atomic mass is 9.98. The van der Waals surface area contributed by atoms with Gasteiger partial charge in [0.05, 0.1) is 0 Å². The van der Waals surface area contributed by atoms with Crippen molar-refractivity contribution < 1.29 is 4.79 Å². The van der Waals surface area contributed by atoms with E-state index in [-0.39, 0.29) is 0 Å². The Labute approximate surface area is 130 Å². The summed E-state index contributed by atoms with van der Waals surface area (Å²) in [5, 5.41) is 0. The van der Waals surface area contributed by atoms with E-state index in [4.69, 9.17) is 0 Å². The van der Waals surface area contributed by atoms with Crippen LogP contribution in [0.15, 0.2) is 18.2 Å². The lowest BCUT2D eigenvalue weighted by molar-refractivity contribution is 0.112. The maximum absolute atomic E-state index is 11.0. The highest BCUT2D eigenvalue weighted by atomic mass is 16.1. The van der Waals surface area contributed by atoms with Crippen molar-refractivity contribution in [3.63, 3.8) is 0 Å². The normalized spacial score (nSPS) is 12.2. The van der Waals surface area contributed by atoms with Crippen LogP contribution >= 0.6 is 0 Å². The van der Waals surface area contributed by atoms with Crippen LogP contribution in [0, 0.1) is 12.8 Å². The molecule has 0 saturated carbocycles. The number of carbonyl (C=O) groups excluding carboxylic acids is 1. The van der Waals surface area contributed by atoms with E-state index in [2.05, 4.69) is 37.8 Å². The van der Waals surface area contributed by atoms with Crippen molar-refractivity contribution in [2.24, 2.45) is 5.92 Å². The van der Waals surface area contributed by atoms with Gasteiger partial charge in [-0.1, -0.05) is 40.0 Å². The van der Waals surface area contributed by atoms with E-state index in [0.717, 1.165) is 42.8 Å². The highest BCUT2D eigenvalue weighted by Gasteiger charge is 2.13. The van der Waals surface area contributed by atoms with Crippen molar-refractivity contribution in [3.05, 3.63) is 29.3 Å². The number of anilines is 1. The number of benzene rings is 1. The van der Waals surface area contributed by atoms with Crippen LogP contribution in [0.4, 0.5) is 5.69 Å². The van der Waals surface area contributed by atoms with E-state index in [1.165, 1.54) is 31.4 Å². The smallest absolute Gasteiger partial charge is 0.150 e. The SMILES string of the molecule is CCCCC(CC)CN(CCC)c1ccc(C=O)c(C)c1. The number of aryl methyl sites for hydroxylation is 1. The molecule has 21 heavy (non-hydrogen) atoms. The molecule has 0 radical (unpaired) electrons. The molecular weight excluding hydrogens is 258 g/mol. The van der Waals surface area contributed by atoms with Gasteiger partial charge in [-0.3, -0.25) is 4.79 Å². The molecule has 0 aliphatic heterocycles. The Balaban J connectivity index is 2.84. The Kier molecular flexibility index (Phi) is 8.11. The fraction of sp³-hybridized carbons (Fsp3) is 0.632. The minimum absolute atomic E-state index is 0.766. The number of rotatable bonds is 10. The van der Waals surface area contributed by atoms with Gasteiger partial charge in [-0.25, -0.2) is 0 Å². The monoisotopic (exact) mass is 289 g/mol. The molecule has 0 fully saturated rings. The van der Waals surface area contributed by atoms with Gasteiger partial charge in [0, 0.05) is 24.3 Å². The predicted octanol–water partition coefficient (Wildman–Crippen LogP) is 5.24. The molecular formula is C19H31NO. The quantitative estimate of drug-likeness (QED) is 0.549. The minimum atomic E-state index is 0.766. The molecule has 2 heteroatoms. The van der Waals surface area contributed by atoms with Crippen LogP contribution in [0.2, 0.25) is 0 Å². The molecule has 0 aliphatic rings. The molecule has 0 aromatic heterocycles. The average Bonchev–Trinajstić information content (AvgIpc) is 2.50. The summed E-state index contributed by atoms with van der Waals surface area (Å²) >= 11 is 0. The predicted molar refractivity (Wildman–Crippen MR) is 92.4 cm³/mol. The summed E-state index contributed by atoms with van der Waals surface area (Å²) in [4.78, 5) is 13.5. The van der Waals surface area contributed by atoms with Crippen molar-refractivity contribution in [3.8, 4) is 0 Å². The lowest BCUT2D eigenvalue weighted by Gasteiger charge is -2.29. The van der Waals surface area contributed by atoms with E-state index in [9.17, 15) is 4.79 Å². The Morgan fingerprint density at radius 3 is 2.48 bits per heavy atom. The first-order valence-corrected chi connectivity index (χ1v) is 8.46. The summed E-state index contributed by atoms with van der Waals surface area (Å²) in [6.07, 6.45) is 7.25. The maximum Gasteiger partial charge on any atom is 0.150 e. The van der Waals surface area contributed by atoms with Crippen LogP contribution in [0.25, 0.3) is 0 Å². The molecule has 0 aliphatic carbocycles. The standard InChI is InChI=1S/C19H31NO/c1-5-8-9-17(7-3)14-20(12-6-2)19-11-10-18(15-21)16(4)13-19/h10-11,13,15,17H,5-9,12,14H2,1-4H3. The summed E-state index contributed by atoms with van der Waals surface area (Å²) in [6.45, 7) is 11.0. The van der Waals surface area contributed by atoms with Crippen LogP contribution < -0.4 is 4.90 Å². The van der Waals surface area contributed by atoms with Crippen LogP contribution in [0.1, 0.15) is 68.8 Å². The molecule has 0 bridgehead atoms. The highest BCUT2D eigenvalue weighted by molar-refractivity contribution is 5.78. The van der Waals surface area contributed by atoms with Gasteiger partial charge < -0.3 is 4.90 Å². The molecule has 1 aromatic rings. The van der Waals surface area contributed by atoms with Crippen molar-refractivity contribution in [1.82, 2.24) is 0 Å². The zero-order chi connectivity index (χ0) is 15.7. The summed E-state index contributed by atoms with van der Waals surface area (Å²) in [5.74, 6) is 0.766. The van der Waals surface area contributed by atoms with Gasteiger partial charge in [0.15, 0.2) is 0 Å². The molecule has 2 nitrogen and oxygen atoms in total. The number of unbranched alkanes of at least 4 members (excludes halogenated alkanes) is 1. The molecule has 118 valence electrons. The largest absolute Gasteiger partial charge is 0.371 e. The summed E-state index contributed by atoms with van der Waals surface area (Å²) in [6, 6.07) is 6.21. The first kappa shape index (κ1) is 17.7. The van der Waals surface area contributed by atoms with E-state index in [0.29, 0.717) is 0 Å². The van der Waals surface area contributed by atoms with Crippen LogP contribution in [-0.4, -0.2) is 19.4 Å². The van der Waals surface area contributed by atoms with Gasteiger partial charge in [-0.2, -0.15) is 0 Å². The molecule has 0 spiro atoms. The van der Waals surface area contributed by atoms with Crippen molar-refractivity contribution in [1.29, 1.82) is 0 Å². The third-order valence-electron chi connectivity index (χ3n) is 4.26. The van der Waals surface area contributed by atoms with E-state index in [1.807, 2.05) is 13.0 Å². The van der Waals surface area contributed by atoms with Gasteiger partial charge in [-0.15, -0.1) is 0 Å². The first-order valence-electron chi connectivity index (χ1n) is 8.46. The molecule has 0 amide bonds. The van der Waals surface area contributed by atoms with Crippen molar-refractivity contribution in [2.75, 3.05) is 18.0 Å². The number of aldehydes is 1.